The molecule has 0 aromatic heterocycles. The fraction of sp³-hybridized carbons (Fsp3) is 0.120. The molecule has 9 heteroatoms. The first-order valence-corrected chi connectivity index (χ1v) is 10.6. The number of nitrogens with one attached hydrogen (secondary N) is 1. The van der Waals surface area contributed by atoms with Crippen molar-refractivity contribution in [3.63, 3.8) is 0 Å². The van der Waals surface area contributed by atoms with Crippen molar-refractivity contribution in [2.45, 2.75) is 6.61 Å². The Morgan fingerprint density at radius 2 is 1.68 bits per heavy atom. The molecule has 3 aromatic carbocycles. The first kappa shape index (κ1) is 24.9. The van der Waals surface area contributed by atoms with Gasteiger partial charge in [-0.2, -0.15) is 5.26 Å². The van der Waals surface area contributed by atoms with Crippen LogP contribution in [0.3, 0.4) is 0 Å². The van der Waals surface area contributed by atoms with Crippen LogP contribution in [0.1, 0.15) is 11.1 Å². The summed E-state index contributed by atoms with van der Waals surface area (Å²) in [6.45, 7) is 0.202. The average Bonchev–Trinajstić information content (AvgIpc) is 2.83. The van der Waals surface area contributed by atoms with Crippen molar-refractivity contribution >= 4 is 40.9 Å². The lowest BCUT2D eigenvalue weighted by Crippen LogP contribution is -2.14. The second-order valence-corrected chi connectivity index (χ2v) is 7.73. The van der Waals surface area contributed by atoms with Crippen molar-refractivity contribution in [2.75, 3.05) is 19.5 Å². The quantitative estimate of drug-likeness (QED) is 0.291. The third kappa shape index (κ3) is 6.19. The van der Waals surface area contributed by atoms with Gasteiger partial charge in [-0.15, -0.1) is 0 Å². The van der Waals surface area contributed by atoms with E-state index in [4.69, 9.17) is 37.4 Å². The summed E-state index contributed by atoms with van der Waals surface area (Å²) < 4.78 is 29.1. The van der Waals surface area contributed by atoms with Crippen LogP contribution in [0.5, 0.6) is 17.2 Å². The maximum Gasteiger partial charge on any atom is 0.266 e. The van der Waals surface area contributed by atoms with Gasteiger partial charge in [-0.25, -0.2) is 4.39 Å². The Labute approximate surface area is 206 Å². The minimum absolute atomic E-state index is 0.160. The average molecular weight is 501 g/mol. The zero-order valence-corrected chi connectivity index (χ0v) is 19.7. The lowest BCUT2D eigenvalue weighted by Gasteiger charge is -2.13. The van der Waals surface area contributed by atoms with Crippen molar-refractivity contribution in [1.29, 1.82) is 5.26 Å². The van der Waals surface area contributed by atoms with E-state index in [1.54, 1.807) is 30.3 Å². The number of carbonyl (C=O) groups is 1. The molecule has 0 saturated carbocycles. The van der Waals surface area contributed by atoms with E-state index in [-0.39, 0.29) is 28.7 Å². The van der Waals surface area contributed by atoms with Crippen molar-refractivity contribution in [3.8, 4) is 23.3 Å². The highest BCUT2D eigenvalue weighted by Crippen LogP contribution is 2.36. The number of rotatable bonds is 8. The predicted octanol–water partition coefficient (Wildman–Crippen LogP) is 6.27. The predicted molar refractivity (Wildman–Crippen MR) is 129 cm³/mol. The standard InChI is InChI=1S/C25H19Cl2FN2O4/c1-32-23-12-21(24(33-2)11-20(23)27)30-25(31)17(13-29)9-16-5-8-22(19(26)10-16)34-14-15-3-6-18(28)7-4-15/h3-12H,14H2,1-2H3,(H,30,31)/b17-9+. The number of hydrogen-bond donors (Lipinski definition) is 1. The molecule has 3 aromatic rings. The van der Waals surface area contributed by atoms with E-state index in [0.29, 0.717) is 27.8 Å². The van der Waals surface area contributed by atoms with Gasteiger partial charge in [0.1, 0.15) is 41.3 Å². The summed E-state index contributed by atoms with van der Waals surface area (Å²) >= 11 is 12.4. The van der Waals surface area contributed by atoms with Gasteiger partial charge in [0.2, 0.25) is 0 Å². The molecule has 1 N–H and O–H groups in total. The van der Waals surface area contributed by atoms with Crippen LogP contribution < -0.4 is 19.5 Å². The highest BCUT2D eigenvalue weighted by Gasteiger charge is 2.16. The molecule has 174 valence electrons. The smallest absolute Gasteiger partial charge is 0.266 e. The lowest BCUT2D eigenvalue weighted by atomic mass is 10.1. The van der Waals surface area contributed by atoms with Gasteiger partial charge >= 0.3 is 0 Å². The van der Waals surface area contributed by atoms with Gasteiger partial charge in [0, 0.05) is 12.1 Å². The van der Waals surface area contributed by atoms with Crippen LogP contribution in [0.25, 0.3) is 6.08 Å². The zero-order valence-electron chi connectivity index (χ0n) is 18.2. The number of halogens is 3. The molecular formula is C25H19Cl2FN2O4. The third-order valence-corrected chi connectivity index (χ3v) is 5.25. The number of nitriles is 1. The second kappa shape index (κ2) is 11.4. The van der Waals surface area contributed by atoms with Crippen LogP contribution in [0.4, 0.5) is 10.1 Å². The Kier molecular flexibility index (Phi) is 8.36. The van der Waals surface area contributed by atoms with E-state index in [0.717, 1.165) is 5.56 Å². The molecule has 6 nitrogen and oxygen atoms in total. The molecule has 0 unspecified atom stereocenters. The molecule has 0 radical (unpaired) electrons. The van der Waals surface area contributed by atoms with Gasteiger partial charge in [0.15, 0.2) is 0 Å². The van der Waals surface area contributed by atoms with Crippen LogP contribution in [0, 0.1) is 17.1 Å². The molecule has 0 spiro atoms. The van der Waals surface area contributed by atoms with Gasteiger partial charge in [0.05, 0.1) is 30.0 Å². The third-order valence-electron chi connectivity index (χ3n) is 4.66. The number of anilines is 1. The molecule has 0 aliphatic carbocycles. The van der Waals surface area contributed by atoms with E-state index in [2.05, 4.69) is 5.32 Å². The van der Waals surface area contributed by atoms with Crippen molar-refractivity contribution < 1.29 is 23.4 Å². The largest absolute Gasteiger partial charge is 0.495 e. The van der Waals surface area contributed by atoms with Crippen molar-refractivity contribution in [3.05, 3.63) is 87.2 Å². The van der Waals surface area contributed by atoms with Crippen molar-refractivity contribution in [1.82, 2.24) is 0 Å². The van der Waals surface area contributed by atoms with E-state index in [9.17, 15) is 14.4 Å². The SMILES string of the molecule is COc1cc(NC(=O)/C(C#N)=C/c2ccc(OCc3ccc(F)cc3)c(Cl)c2)c(OC)cc1Cl. The molecule has 0 atom stereocenters. The van der Waals surface area contributed by atoms with Gasteiger partial charge in [-0.3, -0.25) is 4.79 Å². The van der Waals surface area contributed by atoms with Crippen LogP contribution in [0.2, 0.25) is 10.0 Å². The summed E-state index contributed by atoms with van der Waals surface area (Å²) in [5.41, 5.74) is 1.43. The molecule has 0 saturated heterocycles. The zero-order chi connectivity index (χ0) is 24.7. The van der Waals surface area contributed by atoms with Crippen LogP contribution in [-0.2, 0) is 11.4 Å². The molecule has 34 heavy (non-hydrogen) atoms. The summed E-state index contributed by atoms with van der Waals surface area (Å²) in [6.07, 6.45) is 1.39. The van der Waals surface area contributed by atoms with Crippen molar-refractivity contribution in [2.24, 2.45) is 0 Å². The topological polar surface area (TPSA) is 80.6 Å². The van der Waals surface area contributed by atoms with E-state index in [1.165, 1.54) is 44.6 Å². The number of hydrogen-bond acceptors (Lipinski definition) is 5. The molecule has 0 aliphatic heterocycles. The summed E-state index contributed by atoms with van der Waals surface area (Å²) in [7, 11) is 2.87. The summed E-state index contributed by atoms with van der Waals surface area (Å²) in [5, 5.41) is 12.7. The summed E-state index contributed by atoms with van der Waals surface area (Å²) in [4.78, 5) is 12.7. The Balaban J connectivity index is 1.76. The van der Waals surface area contributed by atoms with E-state index < -0.39 is 5.91 Å². The van der Waals surface area contributed by atoms with E-state index >= 15 is 0 Å². The molecule has 1 amide bonds. The Morgan fingerprint density at radius 1 is 1.00 bits per heavy atom. The molecular weight excluding hydrogens is 482 g/mol. The van der Waals surface area contributed by atoms with Gasteiger partial charge in [-0.05, 0) is 41.5 Å². The Bertz CT molecular complexity index is 1270. The number of methoxy groups -OCH3 is 2. The summed E-state index contributed by atoms with van der Waals surface area (Å²) in [6, 6.07) is 15.6. The maximum absolute atomic E-state index is 13.0. The number of nitrogens with zero attached hydrogens (tertiary/aromatic N) is 1. The number of ether oxygens (including phenoxy) is 3. The maximum atomic E-state index is 13.0. The van der Waals surface area contributed by atoms with Crippen LogP contribution in [0.15, 0.2) is 60.2 Å². The molecule has 0 heterocycles. The summed E-state index contributed by atoms with van der Waals surface area (Å²) in [5.74, 6) is 0.0660. The number of benzene rings is 3. The van der Waals surface area contributed by atoms with Crippen LogP contribution >= 0.6 is 23.2 Å². The monoisotopic (exact) mass is 500 g/mol. The fourth-order valence-electron chi connectivity index (χ4n) is 2.93. The van der Waals surface area contributed by atoms with Crippen LogP contribution in [-0.4, -0.2) is 20.1 Å². The normalized spacial score (nSPS) is 10.9. The molecule has 0 fully saturated rings. The van der Waals surface area contributed by atoms with Gasteiger partial charge in [0.25, 0.3) is 5.91 Å². The minimum atomic E-state index is -0.655. The number of amides is 1. The molecule has 3 rings (SSSR count). The Morgan fingerprint density at radius 3 is 2.29 bits per heavy atom. The minimum Gasteiger partial charge on any atom is -0.495 e. The highest BCUT2D eigenvalue weighted by molar-refractivity contribution is 6.32. The molecule has 0 bridgehead atoms. The first-order valence-electron chi connectivity index (χ1n) is 9.86. The molecule has 0 aliphatic rings. The van der Waals surface area contributed by atoms with E-state index in [1.807, 2.05) is 6.07 Å². The highest BCUT2D eigenvalue weighted by atomic mass is 35.5. The number of carbonyl (C=O) groups excluding carboxylic acids is 1. The lowest BCUT2D eigenvalue weighted by molar-refractivity contribution is -0.112. The second-order valence-electron chi connectivity index (χ2n) is 6.92. The Hall–Kier alpha value is -3.73. The fourth-order valence-corrected chi connectivity index (χ4v) is 3.40. The first-order chi connectivity index (χ1) is 16.3. The van der Waals surface area contributed by atoms with Gasteiger partial charge < -0.3 is 19.5 Å². The van der Waals surface area contributed by atoms with Gasteiger partial charge in [-0.1, -0.05) is 41.4 Å².